The van der Waals surface area contributed by atoms with Crippen molar-refractivity contribution in [2.45, 2.75) is 17.7 Å². The number of carbonyl (C=O) groups is 2. The Hall–Kier alpha value is -2.84. The molecule has 2 aromatic carbocycles. The largest absolute Gasteiger partial charge is 0.484 e. The Labute approximate surface area is 183 Å². The average molecular weight is 440 g/mol. The molecule has 1 aromatic heterocycles. The SMILES string of the molecule is CSc1ccc(-c2csc(NC(=O)COc3ccc(N4CCCC4=O)cc3)n2)cc1. The van der Waals surface area contributed by atoms with E-state index in [0.29, 0.717) is 17.3 Å². The van der Waals surface area contributed by atoms with E-state index < -0.39 is 0 Å². The summed E-state index contributed by atoms with van der Waals surface area (Å²) in [5, 5.41) is 5.23. The van der Waals surface area contributed by atoms with Crippen molar-refractivity contribution in [1.82, 2.24) is 4.98 Å². The Bertz CT molecular complexity index is 1030. The summed E-state index contributed by atoms with van der Waals surface area (Å²) in [6.07, 6.45) is 3.52. The first-order chi connectivity index (χ1) is 14.6. The fraction of sp³-hybridized carbons (Fsp3) is 0.227. The van der Waals surface area contributed by atoms with Crippen molar-refractivity contribution in [3.63, 3.8) is 0 Å². The number of hydrogen-bond acceptors (Lipinski definition) is 6. The number of benzene rings is 2. The molecule has 0 atom stereocenters. The van der Waals surface area contributed by atoms with Gasteiger partial charge in [0, 0.05) is 34.5 Å². The Morgan fingerprint density at radius 1 is 1.20 bits per heavy atom. The molecular weight excluding hydrogens is 418 g/mol. The maximum absolute atomic E-state index is 12.2. The van der Waals surface area contributed by atoms with Crippen LogP contribution in [0.1, 0.15) is 12.8 Å². The fourth-order valence-electron chi connectivity index (χ4n) is 3.17. The highest BCUT2D eigenvalue weighted by Crippen LogP contribution is 2.27. The van der Waals surface area contributed by atoms with Crippen LogP contribution in [0.2, 0.25) is 0 Å². The van der Waals surface area contributed by atoms with Crippen molar-refractivity contribution in [3.8, 4) is 17.0 Å². The second-order valence-electron chi connectivity index (χ2n) is 6.75. The summed E-state index contributed by atoms with van der Waals surface area (Å²) in [6.45, 7) is 0.637. The summed E-state index contributed by atoms with van der Waals surface area (Å²) in [5.74, 6) is 0.452. The molecule has 3 aromatic rings. The molecule has 154 valence electrons. The molecule has 30 heavy (non-hydrogen) atoms. The third-order valence-electron chi connectivity index (χ3n) is 4.73. The van der Waals surface area contributed by atoms with Crippen molar-refractivity contribution in [2.24, 2.45) is 0 Å². The fourth-order valence-corrected chi connectivity index (χ4v) is 4.32. The van der Waals surface area contributed by atoms with E-state index in [4.69, 9.17) is 4.74 Å². The van der Waals surface area contributed by atoms with Crippen molar-refractivity contribution in [1.29, 1.82) is 0 Å². The lowest BCUT2D eigenvalue weighted by atomic mass is 10.2. The summed E-state index contributed by atoms with van der Waals surface area (Å²) in [4.78, 5) is 31.5. The van der Waals surface area contributed by atoms with Crippen LogP contribution in [0.5, 0.6) is 5.75 Å². The number of nitrogens with one attached hydrogen (secondary N) is 1. The van der Waals surface area contributed by atoms with Crippen molar-refractivity contribution in [3.05, 3.63) is 53.9 Å². The van der Waals surface area contributed by atoms with Crippen molar-refractivity contribution >= 4 is 45.7 Å². The van der Waals surface area contributed by atoms with Gasteiger partial charge in [0.15, 0.2) is 11.7 Å². The number of aromatic nitrogens is 1. The molecule has 0 bridgehead atoms. The second-order valence-corrected chi connectivity index (χ2v) is 8.48. The topological polar surface area (TPSA) is 71.5 Å². The summed E-state index contributed by atoms with van der Waals surface area (Å²) >= 11 is 3.07. The van der Waals surface area contributed by atoms with Gasteiger partial charge in [-0.25, -0.2) is 4.98 Å². The second kappa shape index (κ2) is 9.32. The van der Waals surface area contributed by atoms with Crippen LogP contribution < -0.4 is 15.0 Å². The van der Waals surface area contributed by atoms with E-state index in [1.54, 1.807) is 28.8 Å². The Balaban J connectivity index is 1.29. The molecule has 0 radical (unpaired) electrons. The summed E-state index contributed by atoms with van der Waals surface area (Å²) in [7, 11) is 0. The highest BCUT2D eigenvalue weighted by molar-refractivity contribution is 7.98. The molecule has 2 amide bonds. The molecule has 0 aliphatic carbocycles. The Morgan fingerprint density at radius 3 is 2.63 bits per heavy atom. The first kappa shape index (κ1) is 20.4. The van der Waals surface area contributed by atoms with Crippen LogP contribution in [-0.4, -0.2) is 36.2 Å². The lowest BCUT2D eigenvalue weighted by molar-refractivity contribution is -0.118. The molecule has 0 unspecified atom stereocenters. The molecule has 1 aliphatic rings. The first-order valence-corrected chi connectivity index (χ1v) is 11.7. The molecule has 0 saturated carbocycles. The average Bonchev–Trinajstić information content (AvgIpc) is 3.42. The van der Waals surface area contributed by atoms with Gasteiger partial charge < -0.3 is 9.64 Å². The minimum Gasteiger partial charge on any atom is -0.484 e. The van der Waals surface area contributed by atoms with Crippen LogP contribution in [0.4, 0.5) is 10.8 Å². The van der Waals surface area contributed by atoms with Gasteiger partial charge in [0.1, 0.15) is 5.75 Å². The van der Waals surface area contributed by atoms with E-state index in [9.17, 15) is 9.59 Å². The van der Waals surface area contributed by atoms with E-state index in [2.05, 4.69) is 22.4 Å². The third kappa shape index (κ3) is 4.83. The van der Waals surface area contributed by atoms with Gasteiger partial charge in [-0.2, -0.15) is 0 Å². The zero-order chi connectivity index (χ0) is 20.9. The molecule has 1 aliphatic heterocycles. The molecule has 1 saturated heterocycles. The summed E-state index contributed by atoms with van der Waals surface area (Å²) in [5.41, 5.74) is 2.70. The number of rotatable bonds is 7. The minimum atomic E-state index is -0.271. The summed E-state index contributed by atoms with van der Waals surface area (Å²) < 4.78 is 5.56. The summed E-state index contributed by atoms with van der Waals surface area (Å²) in [6, 6.07) is 15.4. The van der Waals surface area contributed by atoms with Crippen LogP contribution in [0, 0.1) is 0 Å². The Morgan fingerprint density at radius 2 is 1.97 bits per heavy atom. The molecule has 6 nitrogen and oxygen atoms in total. The van der Waals surface area contributed by atoms with E-state index >= 15 is 0 Å². The van der Waals surface area contributed by atoms with Gasteiger partial charge >= 0.3 is 0 Å². The maximum Gasteiger partial charge on any atom is 0.264 e. The number of amides is 2. The number of carbonyl (C=O) groups excluding carboxylic acids is 2. The number of ether oxygens (including phenoxy) is 1. The first-order valence-electron chi connectivity index (χ1n) is 9.55. The van der Waals surface area contributed by atoms with E-state index in [1.807, 2.05) is 35.9 Å². The molecule has 0 spiro atoms. The van der Waals surface area contributed by atoms with Crippen molar-refractivity contribution < 1.29 is 14.3 Å². The zero-order valence-corrected chi connectivity index (χ0v) is 18.1. The van der Waals surface area contributed by atoms with Gasteiger partial charge in [-0.3, -0.25) is 14.9 Å². The number of thiazole rings is 1. The molecule has 8 heteroatoms. The highest BCUT2D eigenvalue weighted by Gasteiger charge is 2.21. The van der Waals surface area contributed by atoms with E-state index in [1.165, 1.54) is 16.2 Å². The maximum atomic E-state index is 12.2. The molecular formula is C22H21N3O3S2. The van der Waals surface area contributed by atoms with Gasteiger partial charge in [-0.05, 0) is 49.1 Å². The molecule has 2 heterocycles. The molecule has 4 rings (SSSR count). The van der Waals surface area contributed by atoms with Gasteiger partial charge in [0.05, 0.1) is 5.69 Å². The normalized spacial score (nSPS) is 13.5. The molecule has 1 N–H and O–H groups in total. The lowest BCUT2D eigenvalue weighted by Crippen LogP contribution is -2.23. The predicted molar refractivity (Wildman–Crippen MR) is 121 cm³/mol. The van der Waals surface area contributed by atoms with Crippen LogP contribution >= 0.6 is 23.1 Å². The van der Waals surface area contributed by atoms with Gasteiger partial charge in [-0.15, -0.1) is 23.1 Å². The van der Waals surface area contributed by atoms with E-state index in [-0.39, 0.29) is 18.4 Å². The van der Waals surface area contributed by atoms with E-state index in [0.717, 1.165) is 29.9 Å². The Kier molecular flexibility index (Phi) is 6.35. The number of hydrogen-bond donors (Lipinski definition) is 1. The van der Waals surface area contributed by atoms with Crippen molar-refractivity contribution in [2.75, 3.05) is 29.6 Å². The van der Waals surface area contributed by atoms with Gasteiger partial charge in [-0.1, -0.05) is 12.1 Å². The number of nitrogens with zero attached hydrogens (tertiary/aromatic N) is 2. The highest BCUT2D eigenvalue weighted by atomic mass is 32.2. The number of anilines is 2. The quantitative estimate of drug-likeness (QED) is 0.542. The monoisotopic (exact) mass is 439 g/mol. The smallest absolute Gasteiger partial charge is 0.264 e. The van der Waals surface area contributed by atoms with Crippen LogP contribution in [0.3, 0.4) is 0 Å². The van der Waals surface area contributed by atoms with Crippen LogP contribution in [-0.2, 0) is 9.59 Å². The third-order valence-corrected chi connectivity index (χ3v) is 6.23. The van der Waals surface area contributed by atoms with Gasteiger partial charge in [0.2, 0.25) is 5.91 Å². The zero-order valence-electron chi connectivity index (χ0n) is 16.5. The lowest BCUT2D eigenvalue weighted by Gasteiger charge is -2.16. The van der Waals surface area contributed by atoms with Gasteiger partial charge in [0.25, 0.3) is 5.91 Å². The van der Waals surface area contributed by atoms with Crippen LogP contribution in [0.15, 0.2) is 58.8 Å². The molecule has 1 fully saturated rings. The minimum absolute atomic E-state index is 0.112. The predicted octanol–water partition coefficient (Wildman–Crippen LogP) is 4.68. The van der Waals surface area contributed by atoms with Crippen LogP contribution in [0.25, 0.3) is 11.3 Å². The number of thioether (sulfide) groups is 1. The standard InChI is InChI=1S/C22H21N3O3S2/c1-29-18-10-4-15(5-11-18)19-14-30-22(23-19)24-20(26)13-28-17-8-6-16(7-9-17)25-12-2-3-21(25)27/h4-11,14H,2-3,12-13H2,1H3,(H,23,24,26).